The van der Waals surface area contributed by atoms with Gasteiger partial charge in [0.2, 0.25) is 5.95 Å². The zero-order chi connectivity index (χ0) is 21.5. The van der Waals surface area contributed by atoms with Crippen molar-refractivity contribution in [1.29, 1.82) is 5.26 Å². The minimum atomic E-state index is -0.626. The average molecular weight is 409 g/mol. The van der Waals surface area contributed by atoms with E-state index in [4.69, 9.17) is 4.74 Å². The molecule has 30 heavy (non-hydrogen) atoms. The number of methoxy groups -OCH3 is 1. The molecule has 1 fully saturated rings. The number of anilines is 2. The number of nitrogens with one attached hydrogen (secondary N) is 1. The summed E-state index contributed by atoms with van der Waals surface area (Å²) in [4.78, 5) is 35.2. The van der Waals surface area contributed by atoms with Gasteiger partial charge in [0.25, 0.3) is 11.6 Å². The first-order chi connectivity index (χ1) is 14.5. The van der Waals surface area contributed by atoms with Crippen LogP contribution < -0.4 is 15.0 Å². The van der Waals surface area contributed by atoms with Gasteiger partial charge >= 0.3 is 0 Å². The van der Waals surface area contributed by atoms with Crippen molar-refractivity contribution in [3.8, 4) is 11.8 Å². The van der Waals surface area contributed by atoms with Gasteiger partial charge in [0, 0.05) is 50.8 Å². The molecule has 1 saturated heterocycles. The van der Waals surface area contributed by atoms with E-state index in [9.17, 15) is 20.2 Å². The number of piperazine rings is 1. The molecule has 1 aliphatic heterocycles. The molecule has 0 unspecified atom stereocenters. The summed E-state index contributed by atoms with van der Waals surface area (Å²) in [7, 11) is 1.34. The molecule has 1 amide bonds. The lowest BCUT2D eigenvalue weighted by molar-refractivity contribution is -0.384. The molecule has 0 aliphatic carbocycles. The summed E-state index contributed by atoms with van der Waals surface area (Å²) < 4.78 is 5.10. The molecule has 1 N–H and O–H groups in total. The first kappa shape index (κ1) is 20.5. The number of benzene rings is 1. The molecule has 0 bridgehead atoms. The lowest BCUT2D eigenvalue weighted by Gasteiger charge is -2.34. The van der Waals surface area contributed by atoms with E-state index in [0.29, 0.717) is 32.1 Å². The Morgan fingerprint density at radius 2 is 2.00 bits per heavy atom. The number of carbonyl (C=O) groups excluding carboxylic acids is 1. The lowest BCUT2D eigenvalue weighted by atomic mass is 10.2. The van der Waals surface area contributed by atoms with Gasteiger partial charge in [0.15, 0.2) is 0 Å². The summed E-state index contributed by atoms with van der Waals surface area (Å²) in [5.74, 6) is 0.148. The van der Waals surface area contributed by atoms with Gasteiger partial charge in [0.05, 0.1) is 23.8 Å². The average Bonchev–Trinajstić information content (AvgIpc) is 2.78. The maximum absolute atomic E-state index is 12.5. The normalized spacial score (nSPS) is 14.1. The van der Waals surface area contributed by atoms with E-state index >= 15 is 0 Å². The number of carbonyl (C=O) groups is 1. The molecule has 0 saturated carbocycles. The first-order valence-corrected chi connectivity index (χ1v) is 9.03. The molecular weight excluding hydrogens is 390 g/mol. The molecular formula is C19H19N7O4. The van der Waals surface area contributed by atoms with Gasteiger partial charge in [-0.1, -0.05) is 0 Å². The van der Waals surface area contributed by atoms with Crippen molar-refractivity contribution in [2.75, 3.05) is 43.5 Å². The van der Waals surface area contributed by atoms with E-state index in [1.807, 2.05) is 15.9 Å². The monoisotopic (exact) mass is 409 g/mol. The van der Waals surface area contributed by atoms with Crippen LogP contribution in [0, 0.1) is 21.4 Å². The highest BCUT2D eigenvalue weighted by Gasteiger charge is 2.20. The number of nitriles is 1. The zero-order valence-corrected chi connectivity index (χ0v) is 16.2. The van der Waals surface area contributed by atoms with Crippen molar-refractivity contribution >= 4 is 23.2 Å². The number of aromatic nitrogens is 2. The van der Waals surface area contributed by atoms with Gasteiger partial charge in [-0.15, -0.1) is 0 Å². The number of ether oxygens (including phenoxy) is 1. The summed E-state index contributed by atoms with van der Waals surface area (Å²) in [5.41, 5.74) is -0.0127. The number of hydrogen-bond donors (Lipinski definition) is 1. The van der Waals surface area contributed by atoms with Crippen LogP contribution in [0.3, 0.4) is 0 Å². The highest BCUT2D eigenvalue weighted by atomic mass is 16.6. The van der Waals surface area contributed by atoms with Crippen LogP contribution in [0.1, 0.15) is 0 Å². The largest absolute Gasteiger partial charge is 0.494 e. The fourth-order valence-corrected chi connectivity index (χ4v) is 2.91. The minimum absolute atomic E-state index is 0.0835. The van der Waals surface area contributed by atoms with Gasteiger partial charge in [-0.05, 0) is 12.1 Å². The number of amides is 1. The third-order valence-electron chi connectivity index (χ3n) is 4.47. The van der Waals surface area contributed by atoms with Crippen molar-refractivity contribution in [2.24, 2.45) is 0 Å². The molecule has 1 aromatic carbocycles. The topological polar surface area (TPSA) is 138 Å². The second-order valence-electron chi connectivity index (χ2n) is 6.32. The molecule has 154 valence electrons. The molecule has 11 heteroatoms. The van der Waals surface area contributed by atoms with Gasteiger partial charge in [-0.25, -0.2) is 9.97 Å². The summed E-state index contributed by atoms with van der Waals surface area (Å²) in [6.45, 7) is 2.49. The maximum Gasteiger partial charge on any atom is 0.273 e. The highest BCUT2D eigenvalue weighted by Crippen LogP contribution is 2.29. The summed E-state index contributed by atoms with van der Waals surface area (Å²) in [6, 6.07) is 7.47. The predicted molar refractivity (Wildman–Crippen MR) is 108 cm³/mol. The van der Waals surface area contributed by atoms with Crippen LogP contribution in [0.4, 0.5) is 17.3 Å². The Labute approximate surface area is 172 Å². The Balaban J connectivity index is 1.66. The van der Waals surface area contributed by atoms with Crippen LogP contribution in [0.25, 0.3) is 0 Å². The Kier molecular flexibility index (Phi) is 6.39. The van der Waals surface area contributed by atoms with Gasteiger partial charge in [0.1, 0.15) is 17.4 Å². The van der Waals surface area contributed by atoms with E-state index in [1.165, 1.54) is 31.5 Å². The smallest absolute Gasteiger partial charge is 0.273 e. The summed E-state index contributed by atoms with van der Waals surface area (Å²) in [6.07, 6.45) is 4.87. The number of nitrogens with zero attached hydrogens (tertiary/aromatic N) is 6. The van der Waals surface area contributed by atoms with Gasteiger partial charge < -0.3 is 19.9 Å². The molecule has 11 nitrogen and oxygen atoms in total. The van der Waals surface area contributed by atoms with Crippen LogP contribution in [0.15, 0.2) is 48.4 Å². The minimum Gasteiger partial charge on any atom is -0.494 e. The number of rotatable bonds is 6. The first-order valence-electron chi connectivity index (χ1n) is 9.03. The summed E-state index contributed by atoms with van der Waals surface area (Å²) in [5, 5.41) is 22.9. The molecule has 1 aliphatic rings. The van der Waals surface area contributed by atoms with E-state index in [0.717, 1.165) is 0 Å². The van der Waals surface area contributed by atoms with Crippen LogP contribution in [0.2, 0.25) is 0 Å². The Morgan fingerprint density at radius 1 is 1.30 bits per heavy atom. The van der Waals surface area contributed by atoms with Crippen LogP contribution in [0.5, 0.6) is 5.75 Å². The fraction of sp³-hybridized carbons (Fsp3) is 0.263. The quantitative estimate of drug-likeness (QED) is 0.326. The molecule has 0 radical (unpaired) electrons. The Bertz CT molecular complexity index is 996. The highest BCUT2D eigenvalue weighted by molar-refractivity contribution is 6.07. The Morgan fingerprint density at radius 3 is 2.60 bits per heavy atom. The van der Waals surface area contributed by atoms with Crippen molar-refractivity contribution in [1.82, 2.24) is 14.9 Å². The Hall–Kier alpha value is -4.20. The van der Waals surface area contributed by atoms with Gasteiger partial charge in [-0.2, -0.15) is 5.26 Å². The number of nitro groups is 1. The SMILES string of the molecule is COc1cc([N+](=O)[O-])ccc1NC(=O)/C(C#N)=C\N1CCN(c2ncccn2)CC1. The third-order valence-corrected chi connectivity index (χ3v) is 4.47. The number of non-ortho nitro benzene ring substituents is 1. The van der Waals surface area contributed by atoms with Gasteiger partial charge in [-0.3, -0.25) is 14.9 Å². The molecule has 0 spiro atoms. The fourth-order valence-electron chi connectivity index (χ4n) is 2.91. The van der Waals surface area contributed by atoms with Crippen LogP contribution in [-0.2, 0) is 4.79 Å². The standard InChI is InChI=1S/C19H19N7O4/c1-30-17-11-15(26(28)29)3-4-16(17)23-18(27)14(12-20)13-24-7-9-25(10-8-24)19-21-5-2-6-22-19/h2-6,11,13H,7-10H2,1H3,(H,23,27)/b14-13-. The predicted octanol–water partition coefficient (Wildman–Crippen LogP) is 1.56. The number of nitro benzene ring substituents is 1. The van der Waals surface area contributed by atoms with E-state index in [2.05, 4.69) is 15.3 Å². The van der Waals surface area contributed by atoms with Crippen molar-refractivity contribution in [3.05, 3.63) is 58.5 Å². The molecule has 3 rings (SSSR count). The number of hydrogen-bond acceptors (Lipinski definition) is 9. The van der Waals surface area contributed by atoms with Crippen LogP contribution in [-0.4, -0.2) is 59.0 Å². The second kappa shape index (κ2) is 9.33. The molecule has 2 heterocycles. The van der Waals surface area contributed by atoms with Crippen molar-refractivity contribution in [2.45, 2.75) is 0 Å². The summed E-state index contributed by atoms with van der Waals surface area (Å²) >= 11 is 0. The van der Waals surface area contributed by atoms with E-state index in [-0.39, 0.29) is 22.7 Å². The molecule has 1 aromatic heterocycles. The third kappa shape index (κ3) is 4.79. The van der Waals surface area contributed by atoms with E-state index < -0.39 is 10.8 Å². The lowest BCUT2D eigenvalue weighted by Crippen LogP contribution is -2.45. The van der Waals surface area contributed by atoms with E-state index in [1.54, 1.807) is 18.5 Å². The maximum atomic E-state index is 12.5. The van der Waals surface area contributed by atoms with Crippen LogP contribution >= 0.6 is 0 Å². The van der Waals surface area contributed by atoms with Crippen molar-refractivity contribution < 1.29 is 14.5 Å². The zero-order valence-electron chi connectivity index (χ0n) is 16.2. The molecule has 2 aromatic rings. The van der Waals surface area contributed by atoms with Crippen molar-refractivity contribution in [3.63, 3.8) is 0 Å². The molecule has 0 atom stereocenters. The second-order valence-corrected chi connectivity index (χ2v) is 6.32.